The number of thioether (sulfide) groups is 1. The summed E-state index contributed by atoms with van der Waals surface area (Å²) >= 11 is 13.5. The highest BCUT2D eigenvalue weighted by atomic mass is 35.5. The standard InChI is InChI=1S/C27H25Cl2N3O3S/c1-2-35-24-10-6-4-8-22(24)31-26(33)17-36-25-16-32(23-9-5-3-7-20(23)25)14-13-30-27(34)19-12-11-18(28)15-21(19)29/h3-12,15-16H,2,13-14,17H2,1H3,(H,30,34)(H,31,33). The number of ether oxygens (including phenoxy) is 1. The molecule has 0 saturated carbocycles. The minimum absolute atomic E-state index is 0.115. The van der Waals surface area contributed by atoms with Gasteiger partial charge in [-0.1, -0.05) is 53.5 Å². The lowest BCUT2D eigenvalue weighted by Gasteiger charge is -2.11. The number of nitrogens with zero attached hydrogens (tertiary/aromatic N) is 1. The van der Waals surface area contributed by atoms with E-state index in [1.54, 1.807) is 18.2 Å². The van der Waals surface area contributed by atoms with Crippen LogP contribution in [0.15, 0.2) is 77.8 Å². The molecule has 0 spiro atoms. The first-order valence-electron chi connectivity index (χ1n) is 11.4. The zero-order valence-electron chi connectivity index (χ0n) is 19.6. The van der Waals surface area contributed by atoms with E-state index in [-0.39, 0.29) is 17.6 Å². The average Bonchev–Trinajstić information content (AvgIpc) is 3.22. The molecule has 0 aliphatic heterocycles. The normalized spacial score (nSPS) is 10.9. The molecule has 4 rings (SSSR count). The van der Waals surface area contributed by atoms with Crippen LogP contribution in [0.1, 0.15) is 17.3 Å². The quantitative estimate of drug-likeness (QED) is 0.224. The van der Waals surface area contributed by atoms with Crippen LogP contribution in [0.2, 0.25) is 10.0 Å². The fourth-order valence-electron chi connectivity index (χ4n) is 3.75. The number of rotatable bonds is 10. The molecule has 0 fully saturated rings. The van der Waals surface area contributed by atoms with Crippen molar-refractivity contribution < 1.29 is 14.3 Å². The molecule has 186 valence electrons. The molecule has 0 atom stereocenters. The summed E-state index contributed by atoms with van der Waals surface area (Å²) in [6, 6.07) is 20.2. The highest BCUT2D eigenvalue weighted by Crippen LogP contribution is 2.31. The van der Waals surface area contributed by atoms with Crippen molar-refractivity contribution in [2.45, 2.75) is 18.4 Å². The molecular formula is C27H25Cl2N3O3S. The van der Waals surface area contributed by atoms with E-state index in [2.05, 4.69) is 15.2 Å². The second-order valence-corrected chi connectivity index (χ2v) is 9.71. The minimum atomic E-state index is -0.258. The number of nitrogens with one attached hydrogen (secondary N) is 2. The summed E-state index contributed by atoms with van der Waals surface area (Å²) in [5.74, 6) is 0.528. The Labute approximate surface area is 223 Å². The summed E-state index contributed by atoms with van der Waals surface area (Å²) in [6.45, 7) is 3.40. The third-order valence-corrected chi connectivity index (χ3v) is 6.98. The Bertz CT molecular complexity index is 1390. The van der Waals surface area contributed by atoms with Crippen LogP contribution in [0.4, 0.5) is 5.69 Å². The zero-order valence-corrected chi connectivity index (χ0v) is 21.9. The smallest absolute Gasteiger partial charge is 0.252 e. The van der Waals surface area contributed by atoms with Crippen molar-refractivity contribution in [3.8, 4) is 5.75 Å². The minimum Gasteiger partial charge on any atom is -0.492 e. The van der Waals surface area contributed by atoms with E-state index in [1.165, 1.54) is 11.8 Å². The predicted molar refractivity (Wildman–Crippen MR) is 148 cm³/mol. The number of hydrogen-bond acceptors (Lipinski definition) is 4. The number of benzene rings is 3. The zero-order chi connectivity index (χ0) is 25.5. The first kappa shape index (κ1) is 25.9. The Balaban J connectivity index is 1.39. The number of carbonyl (C=O) groups excluding carboxylic acids is 2. The number of anilines is 1. The highest BCUT2D eigenvalue weighted by molar-refractivity contribution is 8.00. The van der Waals surface area contributed by atoms with Crippen LogP contribution in [0.25, 0.3) is 10.9 Å². The first-order valence-corrected chi connectivity index (χ1v) is 13.2. The Kier molecular flexibility index (Phi) is 8.80. The summed E-state index contributed by atoms with van der Waals surface area (Å²) in [7, 11) is 0. The molecule has 1 aromatic heterocycles. The Morgan fingerprint density at radius 3 is 2.61 bits per heavy atom. The number of carbonyl (C=O) groups is 2. The molecule has 1 heterocycles. The Morgan fingerprint density at radius 2 is 1.81 bits per heavy atom. The number of hydrogen-bond donors (Lipinski definition) is 2. The first-order chi connectivity index (χ1) is 17.5. The monoisotopic (exact) mass is 541 g/mol. The fourth-order valence-corrected chi connectivity index (χ4v) is 5.14. The van der Waals surface area contributed by atoms with Crippen molar-refractivity contribution in [2.75, 3.05) is 24.2 Å². The van der Waals surface area contributed by atoms with Gasteiger partial charge in [0.25, 0.3) is 5.91 Å². The van der Waals surface area contributed by atoms with E-state index >= 15 is 0 Å². The molecule has 0 unspecified atom stereocenters. The maximum absolute atomic E-state index is 12.7. The van der Waals surface area contributed by atoms with Gasteiger partial charge < -0.3 is 19.9 Å². The molecule has 0 radical (unpaired) electrons. The summed E-state index contributed by atoms with van der Waals surface area (Å²) < 4.78 is 7.66. The molecule has 0 saturated heterocycles. The number of para-hydroxylation sites is 3. The third-order valence-electron chi connectivity index (χ3n) is 5.39. The molecule has 0 aliphatic rings. The van der Waals surface area contributed by atoms with Crippen molar-refractivity contribution >= 4 is 63.4 Å². The van der Waals surface area contributed by atoms with E-state index in [0.29, 0.717) is 46.7 Å². The fraction of sp³-hybridized carbons (Fsp3) is 0.185. The van der Waals surface area contributed by atoms with E-state index in [1.807, 2.05) is 61.7 Å². The van der Waals surface area contributed by atoms with Crippen molar-refractivity contribution in [3.05, 3.63) is 88.5 Å². The van der Waals surface area contributed by atoms with E-state index in [9.17, 15) is 9.59 Å². The maximum Gasteiger partial charge on any atom is 0.252 e. The van der Waals surface area contributed by atoms with Gasteiger partial charge in [-0.05, 0) is 43.3 Å². The van der Waals surface area contributed by atoms with Crippen molar-refractivity contribution in [1.29, 1.82) is 0 Å². The summed E-state index contributed by atoms with van der Waals surface area (Å²) in [6.07, 6.45) is 2.01. The molecule has 2 N–H and O–H groups in total. The van der Waals surface area contributed by atoms with Crippen LogP contribution in [0.3, 0.4) is 0 Å². The predicted octanol–water partition coefficient (Wildman–Crippen LogP) is 6.51. The lowest BCUT2D eigenvalue weighted by molar-refractivity contribution is -0.113. The number of halogens is 2. The lowest BCUT2D eigenvalue weighted by Crippen LogP contribution is -2.27. The average molecular weight is 542 g/mol. The molecular weight excluding hydrogens is 517 g/mol. The molecule has 6 nitrogen and oxygen atoms in total. The lowest BCUT2D eigenvalue weighted by atomic mass is 10.2. The van der Waals surface area contributed by atoms with Gasteiger partial charge in [-0.15, -0.1) is 11.8 Å². The van der Waals surface area contributed by atoms with Gasteiger partial charge in [-0.25, -0.2) is 0 Å². The molecule has 36 heavy (non-hydrogen) atoms. The third kappa shape index (κ3) is 6.35. The van der Waals surface area contributed by atoms with Gasteiger partial charge in [-0.3, -0.25) is 9.59 Å². The molecule has 3 aromatic carbocycles. The molecule has 0 bridgehead atoms. The topological polar surface area (TPSA) is 72.4 Å². The summed E-state index contributed by atoms with van der Waals surface area (Å²) in [4.78, 5) is 26.2. The van der Waals surface area contributed by atoms with Gasteiger partial charge in [-0.2, -0.15) is 0 Å². The van der Waals surface area contributed by atoms with Gasteiger partial charge in [0, 0.05) is 40.1 Å². The van der Waals surface area contributed by atoms with Gasteiger partial charge in [0.05, 0.1) is 28.6 Å². The van der Waals surface area contributed by atoms with Crippen LogP contribution >= 0.6 is 35.0 Å². The van der Waals surface area contributed by atoms with Crippen LogP contribution in [0, 0.1) is 0 Å². The summed E-state index contributed by atoms with van der Waals surface area (Å²) in [5, 5.41) is 7.68. The number of aromatic nitrogens is 1. The second kappa shape index (κ2) is 12.2. The SMILES string of the molecule is CCOc1ccccc1NC(=O)CSc1cn(CCNC(=O)c2ccc(Cl)cc2Cl)c2ccccc12. The van der Waals surface area contributed by atoms with Crippen LogP contribution in [0.5, 0.6) is 5.75 Å². The highest BCUT2D eigenvalue weighted by Gasteiger charge is 2.14. The van der Waals surface area contributed by atoms with E-state index in [4.69, 9.17) is 27.9 Å². The molecule has 2 amide bonds. The Hall–Kier alpha value is -3.13. The molecule has 0 aliphatic carbocycles. The van der Waals surface area contributed by atoms with Crippen molar-refractivity contribution in [2.24, 2.45) is 0 Å². The van der Waals surface area contributed by atoms with Gasteiger partial charge in [0.15, 0.2) is 0 Å². The van der Waals surface area contributed by atoms with Crippen LogP contribution in [-0.2, 0) is 11.3 Å². The van der Waals surface area contributed by atoms with Crippen molar-refractivity contribution in [3.63, 3.8) is 0 Å². The van der Waals surface area contributed by atoms with Gasteiger partial charge in [0.1, 0.15) is 5.75 Å². The molecule has 9 heteroatoms. The number of amides is 2. The maximum atomic E-state index is 12.7. The largest absolute Gasteiger partial charge is 0.492 e. The second-order valence-electron chi connectivity index (χ2n) is 7.85. The van der Waals surface area contributed by atoms with Gasteiger partial charge in [0.2, 0.25) is 5.91 Å². The van der Waals surface area contributed by atoms with E-state index in [0.717, 1.165) is 15.8 Å². The molecule has 4 aromatic rings. The Morgan fingerprint density at radius 1 is 1.03 bits per heavy atom. The van der Waals surface area contributed by atoms with Crippen LogP contribution < -0.4 is 15.4 Å². The van der Waals surface area contributed by atoms with Crippen LogP contribution in [-0.4, -0.2) is 35.3 Å². The van der Waals surface area contributed by atoms with E-state index < -0.39 is 0 Å². The van der Waals surface area contributed by atoms with Gasteiger partial charge >= 0.3 is 0 Å². The summed E-state index contributed by atoms with van der Waals surface area (Å²) in [5.41, 5.74) is 2.07. The number of fused-ring (bicyclic) bond motifs is 1. The van der Waals surface area contributed by atoms with Crippen molar-refractivity contribution in [1.82, 2.24) is 9.88 Å².